The third-order valence-electron chi connectivity index (χ3n) is 5.94. The summed E-state index contributed by atoms with van der Waals surface area (Å²) in [6.07, 6.45) is 8.58. The van der Waals surface area contributed by atoms with Crippen LogP contribution in [0.15, 0.2) is 42.9 Å². The van der Waals surface area contributed by atoms with E-state index in [1.54, 1.807) is 6.20 Å². The van der Waals surface area contributed by atoms with Gasteiger partial charge in [0.05, 0.1) is 11.5 Å². The Bertz CT molecular complexity index is 1260. The molecule has 0 saturated heterocycles. The zero-order valence-corrected chi connectivity index (χ0v) is 15.5. The molecule has 1 unspecified atom stereocenters. The van der Waals surface area contributed by atoms with E-state index in [2.05, 4.69) is 22.1 Å². The highest BCUT2D eigenvalue weighted by molar-refractivity contribution is 5.88. The smallest absolute Gasteiger partial charge is 0.225 e. The average molecular weight is 369 g/mol. The quantitative estimate of drug-likeness (QED) is 0.487. The average Bonchev–Trinajstić information content (AvgIpc) is 3.35. The van der Waals surface area contributed by atoms with Gasteiger partial charge in [0.15, 0.2) is 5.75 Å². The molecule has 0 fully saturated rings. The van der Waals surface area contributed by atoms with Crippen LogP contribution in [-0.2, 0) is 19.9 Å². The van der Waals surface area contributed by atoms with Gasteiger partial charge in [0.25, 0.3) is 0 Å². The van der Waals surface area contributed by atoms with Gasteiger partial charge < -0.3 is 15.0 Å². The molecule has 28 heavy (non-hydrogen) atoms. The van der Waals surface area contributed by atoms with Crippen molar-refractivity contribution < 1.29 is 4.74 Å². The summed E-state index contributed by atoms with van der Waals surface area (Å²) >= 11 is 0. The van der Waals surface area contributed by atoms with Crippen LogP contribution in [0.2, 0.25) is 0 Å². The molecule has 1 aliphatic carbocycles. The topological polar surface area (TPSA) is 78.8 Å². The first kappa shape index (κ1) is 15.6. The molecule has 1 aliphatic heterocycles. The van der Waals surface area contributed by atoms with Crippen molar-refractivity contribution in [3.05, 3.63) is 71.1 Å². The van der Waals surface area contributed by atoms with Crippen molar-refractivity contribution in [2.75, 3.05) is 5.73 Å². The number of anilines is 1. The third-order valence-corrected chi connectivity index (χ3v) is 5.94. The molecule has 2 aliphatic rings. The van der Waals surface area contributed by atoms with Gasteiger partial charge in [-0.05, 0) is 30.9 Å². The third kappa shape index (κ3) is 2.00. The van der Waals surface area contributed by atoms with Crippen LogP contribution in [0.4, 0.5) is 5.69 Å². The second-order valence-corrected chi connectivity index (χ2v) is 7.51. The number of aromatic nitrogens is 4. The molecule has 2 N–H and O–H groups in total. The maximum Gasteiger partial charge on any atom is 0.225 e. The van der Waals surface area contributed by atoms with E-state index in [0.717, 1.165) is 64.2 Å². The Morgan fingerprint density at radius 3 is 2.93 bits per heavy atom. The Labute approximate surface area is 162 Å². The van der Waals surface area contributed by atoms with Crippen LogP contribution in [-0.4, -0.2) is 19.5 Å². The summed E-state index contributed by atoms with van der Waals surface area (Å²) < 4.78 is 8.41. The summed E-state index contributed by atoms with van der Waals surface area (Å²) in [5.41, 5.74) is 12.5. The fourth-order valence-electron chi connectivity index (χ4n) is 4.60. The summed E-state index contributed by atoms with van der Waals surface area (Å²) in [7, 11) is 2.01. The molecule has 3 aromatic heterocycles. The maximum atomic E-state index is 6.70. The fourth-order valence-corrected chi connectivity index (χ4v) is 4.60. The van der Waals surface area contributed by atoms with Gasteiger partial charge in [-0.2, -0.15) is 0 Å². The van der Waals surface area contributed by atoms with Crippen LogP contribution < -0.4 is 10.5 Å². The van der Waals surface area contributed by atoms with Gasteiger partial charge in [0, 0.05) is 48.0 Å². The van der Waals surface area contributed by atoms with E-state index in [4.69, 9.17) is 15.5 Å². The van der Waals surface area contributed by atoms with Crippen molar-refractivity contribution in [1.29, 1.82) is 0 Å². The number of hydrogen-bond donors (Lipinski definition) is 1. The van der Waals surface area contributed by atoms with Gasteiger partial charge in [0.1, 0.15) is 11.3 Å². The number of nitrogen functional groups attached to an aromatic ring is 1. The SMILES string of the molecule is Cn1ccnc1C1c2ccc3cccnc3c2Oc2nc3c(c(N)c21)CCC3. The molecule has 0 saturated carbocycles. The number of ether oxygens (including phenoxy) is 1. The van der Waals surface area contributed by atoms with Crippen LogP contribution in [0.3, 0.4) is 0 Å². The fraction of sp³-hybridized carbons (Fsp3) is 0.227. The normalized spacial score (nSPS) is 17.1. The predicted molar refractivity (Wildman–Crippen MR) is 107 cm³/mol. The lowest BCUT2D eigenvalue weighted by atomic mass is 9.85. The second-order valence-electron chi connectivity index (χ2n) is 7.51. The number of pyridine rings is 2. The minimum absolute atomic E-state index is 0.136. The number of aryl methyl sites for hydroxylation is 2. The molecule has 1 atom stereocenters. The summed E-state index contributed by atoms with van der Waals surface area (Å²) in [5.74, 6) is 2.14. The van der Waals surface area contributed by atoms with Gasteiger partial charge in [-0.3, -0.25) is 4.98 Å². The summed E-state index contributed by atoms with van der Waals surface area (Å²) in [5, 5.41) is 1.04. The molecule has 4 heterocycles. The number of nitrogens with zero attached hydrogens (tertiary/aromatic N) is 4. The first-order valence-corrected chi connectivity index (χ1v) is 9.56. The highest BCUT2D eigenvalue weighted by atomic mass is 16.5. The molecular formula is C22H19N5O. The van der Waals surface area contributed by atoms with Gasteiger partial charge in [-0.25, -0.2) is 9.97 Å². The number of benzene rings is 1. The zero-order valence-electron chi connectivity index (χ0n) is 15.5. The van der Waals surface area contributed by atoms with Crippen molar-refractivity contribution >= 4 is 16.6 Å². The highest BCUT2D eigenvalue weighted by Gasteiger charge is 2.37. The summed E-state index contributed by atoms with van der Waals surface area (Å²) in [6, 6.07) is 8.17. The van der Waals surface area contributed by atoms with Crippen molar-refractivity contribution in [1.82, 2.24) is 19.5 Å². The van der Waals surface area contributed by atoms with E-state index in [1.165, 1.54) is 5.56 Å². The lowest BCUT2D eigenvalue weighted by Crippen LogP contribution is -2.19. The van der Waals surface area contributed by atoms with Crippen molar-refractivity contribution in [2.24, 2.45) is 7.05 Å². The van der Waals surface area contributed by atoms with Gasteiger partial charge in [-0.15, -0.1) is 0 Å². The van der Waals surface area contributed by atoms with Crippen LogP contribution in [0.25, 0.3) is 10.9 Å². The molecule has 0 amide bonds. The minimum atomic E-state index is -0.136. The molecule has 0 spiro atoms. The molecule has 6 nitrogen and oxygen atoms in total. The number of nitrogens with two attached hydrogens (primary N) is 1. The first-order valence-electron chi connectivity index (χ1n) is 9.56. The molecule has 6 rings (SSSR count). The molecule has 4 aromatic rings. The van der Waals surface area contributed by atoms with Crippen molar-refractivity contribution in [3.63, 3.8) is 0 Å². The highest BCUT2D eigenvalue weighted by Crippen LogP contribution is 2.51. The Kier molecular flexibility index (Phi) is 3.10. The van der Waals surface area contributed by atoms with E-state index in [9.17, 15) is 0 Å². The van der Waals surface area contributed by atoms with Crippen molar-refractivity contribution in [3.8, 4) is 11.6 Å². The van der Waals surface area contributed by atoms with Crippen molar-refractivity contribution in [2.45, 2.75) is 25.2 Å². The number of imidazole rings is 1. The van der Waals surface area contributed by atoms with Gasteiger partial charge in [-0.1, -0.05) is 18.2 Å². The van der Waals surface area contributed by atoms with Crippen LogP contribution in [0, 0.1) is 0 Å². The van der Waals surface area contributed by atoms with E-state index in [0.29, 0.717) is 5.88 Å². The lowest BCUT2D eigenvalue weighted by Gasteiger charge is -2.29. The Morgan fingerprint density at radius 2 is 2.07 bits per heavy atom. The van der Waals surface area contributed by atoms with E-state index in [1.807, 2.05) is 36.1 Å². The Hall–Kier alpha value is -3.41. The first-order chi connectivity index (χ1) is 13.7. The molecule has 6 heteroatoms. The predicted octanol–water partition coefficient (Wildman–Crippen LogP) is 3.72. The van der Waals surface area contributed by atoms with Gasteiger partial charge >= 0.3 is 0 Å². The summed E-state index contributed by atoms with van der Waals surface area (Å²) in [4.78, 5) is 14.1. The maximum absolute atomic E-state index is 6.70. The lowest BCUT2D eigenvalue weighted by molar-refractivity contribution is 0.434. The molecule has 138 valence electrons. The Morgan fingerprint density at radius 1 is 1.14 bits per heavy atom. The standard InChI is InChI=1S/C22H19N5O/c1-27-11-10-25-21(27)16-14-8-7-12-4-3-9-24-19(12)20(14)28-22-17(16)18(23)13-5-2-6-15(13)26-22/h3-4,7-11,16H,2,5-6H2,1H3,(H2,23,26). The van der Waals surface area contributed by atoms with Crippen LogP contribution in [0.5, 0.6) is 11.6 Å². The van der Waals surface area contributed by atoms with Crippen LogP contribution >= 0.6 is 0 Å². The second kappa shape index (κ2) is 5.55. The van der Waals surface area contributed by atoms with E-state index >= 15 is 0 Å². The molecule has 0 radical (unpaired) electrons. The molecular weight excluding hydrogens is 350 g/mol. The number of hydrogen-bond acceptors (Lipinski definition) is 5. The molecule has 1 aromatic carbocycles. The zero-order chi connectivity index (χ0) is 18.8. The Balaban J connectivity index is 1.71. The summed E-state index contributed by atoms with van der Waals surface area (Å²) in [6.45, 7) is 0. The minimum Gasteiger partial charge on any atom is -0.436 e. The number of rotatable bonds is 1. The van der Waals surface area contributed by atoms with E-state index < -0.39 is 0 Å². The van der Waals surface area contributed by atoms with Crippen LogP contribution in [0.1, 0.15) is 40.5 Å². The molecule has 0 bridgehead atoms. The monoisotopic (exact) mass is 369 g/mol. The number of fused-ring (bicyclic) bond motifs is 5. The van der Waals surface area contributed by atoms with Gasteiger partial charge in [0.2, 0.25) is 5.88 Å². The van der Waals surface area contributed by atoms with E-state index in [-0.39, 0.29) is 5.92 Å². The largest absolute Gasteiger partial charge is 0.436 e.